The van der Waals surface area contributed by atoms with Crippen LogP contribution in [0.5, 0.6) is 0 Å². The lowest BCUT2D eigenvalue weighted by Gasteiger charge is -1.79. The molecule has 0 saturated carbocycles. The Bertz CT molecular complexity index is 146. The zero-order valence-corrected chi connectivity index (χ0v) is 11.9. The van der Waals surface area contributed by atoms with Crippen molar-refractivity contribution >= 4 is 22.6 Å². The summed E-state index contributed by atoms with van der Waals surface area (Å²) in [4.78, 5) is 3.75. The van der Waals surface area contributed by atoms with Crippen molar-refractivity contribution in [1.29, 1.82) is 0 Å². The zero-order valence-electron chi connectivity index (χ0n) is 9.78. The fraction of sp³-hybridized carbons (Fsp3) is 0.455. The number of alkyl halides is 1. The summed E-state index contributed by atoms with van der Waals surface area (Å²) in [5.74, 6) is 4.35. The number of hydrogen-bond donors (Lipinski definition) is 1. The molecule has 0 saturated heterocycles. The highest BCUT2D eigenvalue weighted by Gasteiger charge is 1.58. The van der Waals surface area contributed by atoms with Crippen LogP contribution in [-0.4, -0.2) is 18.6 Å². The van der Waals surface area contributed by atoms with E-state index in [1.54, 1.807) is 25.5 Å². The number of allylic oxidation sites excluding steroid dienone is 4. The van der Waals surface area contributed by atoms with Crippen LogP contribution in [0.15, 0.2) is 37.1 Å². The largest absolute Gasteiger partial charge is 0.504 e. The highest BCUT2D eigenvalue weighted by Crippen LogP contribution is 1.81. The molecular formula is C11H22INO2. The number of methoxy groups -OCH3 is 1. The van der Waals surface area contributed by atoms with Crippen molar-refractivity contribution in [3.63, 3.8) is 0 Å². The molecule has 90 valence electrons. The highest BCUT2D eigenvalue weighted by atomic mass is 127. The number of halogens is 1. The summed E-state index contributed by atoms with van der Waals surface area (Å²) in [5.41, 5.74) is 0. The first kappa shape index (κ1) is 20.1. The van der Waals surface area contributed by atoms with Crippen LogP contribution in [0.25, 0.3) is 0 Å². The SMILES string of the molecule is C=C/C=C\C=C\OC.CCCI.CON. The molecule has 4 heteroatoms. The van der Waals surface area contributed by atoms with Crippen molar-refractivity contribution in [3.05, 3.63) is 37.1 Å². The molecule has 0 amide bonds. The molecule has 0 aromatic carbocycles. The van der Waals surface area contributed by atoms with E-state index in [1.165, 1.54) is 18.0 Å². The summed E-state index contributed by atoms with van der Waals surface area (Å²) >= 11 is 2.35. The maximum atomic E-state index is 4.62. The van der Waals surface area contributed by atoms with Gasteiger partial charge in [0.1, 0.15) is 0 Å². The van der Waals surface area contributed by atoms with Crippen LogP contribution in [-0.2, 0) is 9.57 Å². The maximum Gasteiger partial charge on any atom is 0.0824 e. The van der Waals surface area contributed by atoms with Crippen LogP contribution in [0.3, 0.4) is 0 Å². The fourth-order valence-corrected chi connectivity index (χ4v) is 0.267. The number of nitrogens with two attached hydrogens (primary N) is 1. The Hall–Kier alpha value is -0.330. The van der Waals surface area contributed by atoms with Crippen LogP contribution in [0.4, 0.5) is 0 Å². The van der Waals surface area contributed by atoms with Gasteiger partial charge in [-0.3, -0.25) is 0 Å². The van der Waals surface area contributed by atoms with Gasteiger partial charge in [-0.2, -0.15) is 0 Å². The Labute approximate surface area is 107 Å². The van der Waals surface area contributed by atoms with E-state index in [0.717, 1.165) is 0 Å². The molecular weight excluding hydrogens is 305 g/mol. The standard InChI is InChI=1S/C7H10O.C3H7I.CH5NO/c1-3-4-5-6-7-8-2;1-2-3-4;1-3-2/h3-7H,1H2,2H3;2-3H2,1H3;2H2,1H3/b5-4-,7-6+;;. The number of ether oxygens (including phenoxy) is 1. The molecule has 0 unspecified atom stereocenters. The Morgan fingerprint density at radius 2 is 1.73 bits per heavy atom. The summed E-state index contributed by atoms with van der Waals surface area (Å²) in [7, 11) is 3.01. The second-order valence-corrected chi connectivity index (χ2v) is 3.19. The zero-order chi connectivity index (χ0) is 12.4. The van der Waals surface area contributed by atoms with Crippen LogP contribution in [0, 0.1) is 0 Å². The lowest BCUT2D eigenvalue weighted by Crippen LogP contribution is -1.86. The van der Waals surface area contributed by atoms with E-state index < -0.39 is 0 Å². The molecule has 0 aliphatic heterocycles. The third kappa shape index (κ3) is 57.9. The molecule has 0 aromatic rings. The van der Waals surface area contributed by atoms with E-state index in [9.17, 15) is 0 Å². The minimum absolute atomic E-state index is 1.29. The van der Waals surface area contributed by atoms with Gasteiger partial charge in [0.05, 0.1) is 20.5 Å². The minimum atomic E-state index is 1.29. The van der Waals surface area contributed by atoms with E-state index in [1.807, 2.05) is 12.2 Å². The smallest absolute Gasteiger partial charge is 0.0824 e. The van der Waals surface area contributed by atoms with Crippen molar-refractivity contribution in [2.24, 2.45) is 5.90 Å². The van der Waals surface area contributed by atoms with Gasteiger partial charge in [0.2, 0.25) is 0 Å². The molecule has 2 N–H and O–H groups in total. The Morgan fingerprint density at radius 1 is 1.27 bits per heavy atom. The van der Waals surface area contributed by atoms with Crippen LogP contribution < -0.4 is 5.90 Å². The van der Waals surface area contributed by atoms with Gasteiger partial charge >= 0.3 is 0 Å². The Morgan fingerprint density at radius 3 is 2.00 bits per heavy atom. The predicted molar refractivity (Wildman–Crippen MR) is 75.9 cm³/mol. The normalized spacial score (nSPS) is 8.87. The average molecular weight is 327 g/mol. The average Bonchev–Trinajstić information content (AvgIpc) is 2.26. The van der Waals surface area contributed by atoms with Gasteiger partial charge < -0.3 is 9.57 Å². The van der Waals surface area contributed by atoms with Gasteiger partial charge in [-0.15, -0.1) is 0 Å². The second kappa shape index (κ2) is 29.2. The molecule has 15 heavy (non-hydrogen) atoms. The molecule has 0 aliphatic carbocycles. The lowest BCUT2D eigenvalue weighted by molar-refractivity contribution is 0.206. The van der Waals surface area contributed by atoms with Crippen molar-refractivity contribution in [2.75, 3.05) is 18.6 Å². The highest BCUT2D eigenvalue weighted by molar-refractivity contribution is 14.1. The van der Waals surface area contributed by atoms with Crippen LogP contribution in [0.2, 0.25) is 0 Å². The Balaban J connectivity index is -0.000000173. The summed E-state index contributed by atoms with van der Waals surface area (Å²) in [6, 6.07) is 0. The van der Waals surface area contributed by atoms with Crippen LogP contribution >= 0.6 is 22.6 Å². The lowest BCUT2D eigenvalue weighted by atomic mass is 10.5. The first-order valence-corrected chi connectivity index (χ1v) is 6.03. The third-order valence-corrected chi connectivity index (χ3v) is 1.84. The fourth-order valence-electron chi connectivity index (χ4n) is 0.267. The van der Waals surface area contributed by atoms with Gasteiger partial charge in [0.25, 0.3) is 0 Å². The summed E-state index contributed by atoms with van der Waals surface area (Å²) in [5, 5.41) is 0. The van der Waals surface area contributed by atoms with E-state index >= 15 is 0 Å². The van der Waals surface area contributed by atoms with Crippen molar-refractivity contribution < 1.29 is 9.57 Å². The quantitative estimate of drug-likeness (QED) is 0.283. The number of hydrogen-bond acceptors (Lipinski definition) is 3. The Kier molecular flexibility index (Phi) is 39.2. The molecule has 0 heterocycles. The van der Waals surface area contributed by atoms with Crippen molar-refractivity contribution in [3.8, 4) is 0 Å². The molecule has 3 nitrogen and oxygen atoms in total. The second-order valence-electron chi connectivity index (χ2n) is 2.11. The number of rotatable bonds is 4. The van der Waals surface area contributed by atoms with E-state index in [2.05, 4.69) is 51.6 Å². The first-order chi connectivity index (χ1) is 7.24. The van der Waals surface area contributed by atoms with Gasteiger partial charge in [-0.1, -0.05) is 54.3 Å². The monoisotopic (exact) mass is 327 g/mol. The molecule has 0 aromatic heterocycles. The molecule has 0 fully saturated rings. The van der Waals surface area contributed by atoms with Gasteiger partial charge in [0.15, 0.2) is 0 Å². The van der Waals surface area contributed by atoms with Crippen molar-refractivity contribution in [1.82, 2.24) is 0 Å². The minimum Gasteiger partial charge on any atom is -0.504 e. The molecule has 0 rings (SSSR count). The third-order valence-electron chi connectivity index (χ3n) is 0.762. The molecule has 0 bridgehead atoms. The van der Waals surface area contributed by atoms with E-state index in [0.29, 0.717) is 0 Å². The molecule has 0 spiro atoms. The van der Waals surface area contributed by atoms with Gasteiger partial charge in [-0.25, -0.2) is 5.90 Å². The molecule has 0 atom stereocenters. The van der Waals surface area contributed by atoms with Gasteiger partial charge in [0, 0.05) is 0 Å². The summed E-state index contributed by atoms with van der Waals surface area (Å²) in [6.45, 7) is 5.67. The summed E-state index contributed by atoms with van der Waals surface area (Å²) < 4.78 is 5.91. The summed E-state index contributed by atoms with van der Waals surface area (Å²) in [6.07, 6.45) is 10.1. The van der Waals surface area contributed by atoms with E-state index in [4.69, 9.17) is 0 Å². The molecule has 0 radical (unpaired) electrons. The van der Waals surface area contributed by atoms with Crippen molar-refractivity contribution in [2.45, 2.75) is 13.3 Å². The molecule has 0 aliphatic rings. The first-order valence-electron chi connectivity index (χ1n) is 4.50. The predicted octanol–water partition coefficient (Wildman–Crippen LogP) is 3.23. The maximum absolute atomic E-state index is 4.62. The van der Waals surface area contributed by atoms with Crippen LogP contribution in [0.1, 0.15) is 13.3 Å². The van der Waals surface area contributed by atoms with Gasteiger partial charge in [-0.05, 0) is 16.9 Å². The topological polar surface area (TPSA) is 44.5 Å². The van der Waals surface area contributed by atoms with E-state index in [-0.39, 0.29) is 0 Å².